The van der Waals surface area contributed by atoms with Crippen molar-refractivity contribution in [2.45, 2.75) is 57.9 Å². The number of nitrogens with zero attached hydrogens (tertiary/aromatic N) is 6. The first-order chi connectivity index (χ1) is 25.3. The maximum Gasteiger partial charge on any atom is 0.410 e. The summed E-state index contributed by atoms with van der Waals surface area (Å²) in [7, 11) is 0. The van der Waals surface area contributed by atoms with Crippen LogP contribution in [0.4, 0.5) is 21.2 Å². The molecule has 52 heavy (non-hydrogen) atoms. The van der Waals surface area contributed by atoms with Gasteiger partial charge in [0.15, 0.2) is 5.16 Å². The van der Waals surface area contributed by atoms with E-state index in [0.29, 0.717) is 25.0 Å². The van der Waals surface area contributed by atoms with E-state index in [0.717, 1.165) is 92.9 Å². The molecule has 2 aliphatic heterocycles. The van der Waals surface area contributed by atoms with Gasteiger partial charge in [-0.25, -0.2) is 29.5 Å². The van der Waals surface area contributed by atoms with Gasteiger partial charge in [0, 0.05) is 51.7 Å². The summed E-state index contributed by atoms with van der Waals surface area (Å²) in [6, 6.07) is 19.8. The average Bonchev–Trinajstić information content (AvgIpc) is 3.19. The van der Waals surface area contributed by atoms with Gasteiger partial charge in [0.2, 0.25) is 0 Å². The highest BCUT2D eigenvalue weighted by atomic mass is 32.2. The van der Waals surface area contributed by atoms with Gasteiger partial charge in [0.05, 0.1) is 0 Å². The summed E-state index contributed by atoms with van der Waals surface area (Å²) in [5.74, 6) is 2.76. The van der Waals surface area contributed by atoms with Gasteiger partial charge in [-0.2, -0.15) is 0 Å². The van der Waals surface area contributed by atoms with Crippen molar-refractivity contribution in [3.8, 4) is 0 Å². The van der Waals surface area contributed by atoms with Crippen LogP contribution in [0.1, 0.15) is 47.9 Å². The van der Waals surface area contributed by atoms with E-state index in [1.54, 1.807) is 22.2 Å². The molecule has 0 radical (unpaired) electrons. The van der Waals surface area contributed by atoms with E-state index >= 15 is 0 Å². The molecule has 13 heteroatoms. The number of nitrogens with one attached hydrogen (secondary N) is 2. The van der Waals surface area contributed by atoms with Crippen LogP contribution in [-0.4, -0.2) is 87.4 Å². The van der Waals surface area contributed by atoms with E-state index in [-0.39, 0.29) is 12.2 Å². The third-order valence-electron chi connectivity index (χ3n) is 9.25. The molecule has 0 aliphatic carbocycles. The maximum absolute atomic E-state index is 12.3. The number of piperidine rings is 2. The predicted molar refractivity (Wildman–Crippen MR) is 204 cm³/mol. The van der Waals surface area contributed by atoms with E-state index < -0.39 is 0 Å². The molecule has 276 valence electrons. The highest BCUT2D eigenvalue weighted by Gasteiger charge is 2.25. The number of ether oxygens (including phenoxy) is 2. The SMILES string of the molecule is CSc1nccc(NCC2CCN(C(=O)OCc3ccc(C)cc3)CC2)n1.Cc1ccc(COC(=O)N2CCC(CNc3ccncn3)CC2)cc1. The lowest BCUT2D eigenvalue weighted by Gasteiger charge is -2.31. The third kappa shape index (κ3) is 12.7. The molecule has 12 nitrogen and oxygen atoms in total. The lowest BCUT2D eigenvalue weighted by atomic mass is 9.97. The molecule has 0 saturated carbocycles. The van der Waals surface area contributed by atoms with Crippen LogP contribution in [0.2, 0.25) is 0 Å². The molecule has 2 aliphatic rings. The number of benzene rings is 2. The van der Waals surface area contributed by atoms with Crippen molar-refractivity contribution in [2.24, 2.45) is 11.8 Å². The monoisotopic (exact) mass is 726 g/mol. The molecular weight excluding hydrogens is 677 g/mol. The summed E-state index contributed by atoms with van der Waals surface area (Å²) in [5, 5.41) is 7.48. The van der Waals surface area contributed by atoms with Crippen molar-refractivity contribution in [3.05, 3.63) is 102 Å². The van der Waals surface area contributed by atoms with Crippen molar-refractivity contribution in [1.29, 1.82) is 0 Å². The minimum atomic E-state index is -0.220. The van der Waals surface area contributed by atoms with Crippen LogP contribution in [0.5, 0.6) is 0 Å². The van der Waals surface area contributed by atoms with E-state index in [1.165, 1.54) is 29.2 Å². The van der Waals surface area contributed by atoms with Gasteiger partial charge in [-0.05, 0) is 80.9 Å². The number of hydrogen-bond donors (Lipinski definition) is 2. The van der Waals surface area contributed by atoms with Gasteiger partial charge in [-0.1, -0.05) is 71.4 Å². The molecule has 0 spiro atoms. The first-order valence-electron chi connectivity index (χ1n) is 17.9. The highest BCUT2D eigenvalue weighted by molar-refractivity contribution is 7.98. The Morgan fingerprint density at radius 2 is 1.17 bits per heavy atom. The molecule has 2 N–H and O–H groups in total. The number of thioether (sulfide) groups is 1. The fraction of sp³-hybridized carbons (Fsp3) is 0.436. The Kier molecular flexibility index (Phi) is 14.9. The fourth-order valence-corrected chi connectivity index (χ4v) is 6.27. The molecule has 2 amide bonds. The number of aromatic nitrogens is 4. The Labute approximate surface area is 311 Å². The summed E-state index contributed by atoms with van der Waals surface area (Å²) in [6.07, 6.45) is 10.4. The number of carbonyl (C=O) groups excluding carboxylic acids is 2. The van der Waals surface area contributed by atoms with Crippen molar-refractivity contribution in [1.82, 2.24) is 29.7 Å². The standard InChI is InChI=1S/C20H26N4O2S.C19H24N4O2/c1-15-3-5-17(6-4-15)14-26-20(25)24-11-8-16(9-12-24)13-22-18-7-10-21-19(23-18)27-2;1-15-2-4-17(5-3-15)13-25-19(24)23-10-7-16(8-11-23)12-21-18-6-9-20-14-22-18/h3-7,10,16H,8-9,11-14H2,1-2H3,(H,21,22,23);2-6,9,14,16H,7-8,10-13H2,1H3,(H,20,21,22). The van der Waals surface area contributed by atoms with Crippen LogP contribution in [0.25, 0.3) is 0 Å². The summed E-state index contributed by atoms with van der Waals surface area (Å²) in [5.41, 5.74) is 4.44. The Bertz CT molecular complexity index is 1660. The summed E-state index contributed by atoms with van der Waals surface area (Å²) < 4.78 is 10.9. The highest BCUT2D eigenvalue weighted by Crippen LogP contribution is 2.21. The number of aryl methyl sites for hydroxylation is 2. The molecule has 0 atom stereocenters. The molecule has 2 saturated heterocycles. The summed E-state index contributed by atoms with van der Waals surface area (Å²) >= 11 is 1.53. The molecule has 2 fully saturated rings. The second-order valence-corrected chi connectivity index (χ2v) is 14.0. The summed E-state index contributed by atoms with van der Waals surface area (Å²) in [6.45, 7) is 9.41. The molecular formula is C39H50N8O4S. The predicted octanol–water partition coefficient (Wildman–Crippen LogP) is 7.21. The van der Waals surface area contributed by atoms with Crippen LogP contribution in [0.15, 0.2) is 84.5 Å². The van der Waals surface area contributed by atoms with Gasteiger partial charge in [-0.15, -0.1) is 0 Å². The molecule has 0 unspecified atom stereocenters. The zero-order chi connectivity index (χ0) is 36.5. The fourth-order valence-electron chi connectivity index (χ4n) is 5.91. The zero-order valence-corrected chi connectivity index (χ0v) is 31.2. The van der Waals surface area contributed by atoms with Crippen LogP contribution in [-0.2, 0) is 22.7 Å². The van der Waals surface area contributed by atoms with E-state index in [4.69, 9.17) is 9.47 Å². The third-order valence-corrected chi connectivity index (χ3v) is 9.81. The van der Waals surface area contributed by atoms with Crippen molar-refractivity contribution >= 4 is 35.6 Å². The van der Waals surface area contributed by atoms with Crippen LogP contribution in [0.3, 0.4) is 0 Å². The van der Waals surface area contributed by atoms with Gasteiger partial charge < -0.3 is 29.9 Å². The maximum atomic E-state index is 12.3. The van der Waals surface area contributed by atoms with Crippen molar-refractivity contribution in [3.63, 3.8) is 0 Å². The lowest BCUT2D eigenvalue weighted by Crippen LogP contribution is -2.40. The number of hydrogen-bond acceptors (Lipinski definition) is 11. The lowest BCUT2D eigenvalue weighted by molar-refractivity contribution is 0.0826. The molecule has 2 aromatic carbocycles. The normalized spacial score (nSPS) is 14.9. The molecule has 4 heterocycles. The number of carbonyl (C=O) groups is 2. The molecule has 6 rings (SSSR count). The van der Waals surface area contributed by atoms with Gasteiger partial charge in [0.1, 0.15) is 31.2 Å². The minimum Gasteiger partial charge on any atom is -0.445 e. The van der Waals surface area contributed by atoms with E-state index in [2.05, 4.69) is 30.6 Å². The quantitative estimate of drug-likeness (QED) is 0.120. The molecule has 2 aromatic heterocycles. The van der Waals surface area contributed by atoms with Crippen molar-refractivity contribution in [2.75, 3.05) is 56.2 Å². The Hall–Kier alpha value is -4.91. The van der Waals surface area contributed by atoms with Crippen LogP contribution in [0, 0.1) is 25.7 Å². The zero-order valence-electron chi connectivity index (χ0n) is 30.4. The minimum absolute atomic E-state index is 0.220. The molecule has 0 bridgehead atoms. The Morgan fingerprint density at radius 1 is 0.692 bits per heavy atom. The first-order valence-corrected chi connectivity index (χ1v) is 19.1. The van der Waals surface area contributed by atoms with Gasteiger partial charge >= 0.3 is 12.2 Å². The second-order valence-electron chi connectivity index (χ2n) is 13.2. The average molecular weight is 727 g/mol. The van der Waals surface area contributed by atoms with Gasteiger partial charge in [-0.3, -0.25) is 0 Å². The topological polar surface area (TPSA) is 135 Å². The van der Waals surface area contributed by atoms with Crippen LogP contribution < -0.4 is 10.6 Å². The van der Waals surface area contributed by atoms with E-state index in [9.17, 15) is 9.59 Å². The second kappa shape index (κ2) is 20.2. The van der Waals surface area contributed by atoms with E-state index in [1.807, 2.05) is 80.8 Å². The summed E-state index contributed by atoms with van der Waals surface area (Å²) in [4.78, 5) is 44.7. The Morgan fingerprint density at radius 3 is 1.63 bits per heavy atom. The number of anilines is 2. The Balaban J connectivity index is 0.000000202. The largest absolute Gasteiger partial charge is 0.445 e. The number of rotatable bonds is 11. The van der Waals surface area contributed by atoms with Crippen molar-refractivity contribution < 1.29 is 19.1 Å². The first kappa shape index (κ1) is 38.3. The number of amides is 2. The van der Waals surface area contributed by atoms with Crippen LogP contribution >= 0.6 is 11.8 Å². The number of likely N-dealkylation sites (tertiary alicyclic amines) is 2. The molecule has 4 aromatic rings. The van der Waals surface area contributed by atoms with Gasteiger partial charge in [0.25, 0.3) is 0 Å². The smallest absolute Gasteiger partial charge is 0.410 e.